The Balaban J connectivity index is 1.60. The van der Waals surface area contributed by atoms with E-state index in [2.05, 4.69) is 30.0 Å². The highest BCUT2D eigenvalue weighted by Gasteiger charge is 2.31. The average Bonchev–Trinajstić information content (AvgIpc) is 2.84. The van der Waals surface area contributed by atoms with Crippen LogP contribution in [-0.4, -0.2) is 49.5 Å². The summed E-state index contributed by atoms with van der Waals surface area (Å²) in [5.41, 5.74) is 0.455. The van der Waals surface area contributed by atoms with Gasteiger partial charge in [0, 0.05) is 18.0 Å². The number of aliphatic hydroxyl groups excluding tert-OH is 1. The van der Waals surface area contributed by atoms with E-state index < -0.39 is 30.2 Å². The van der Waals surface area contributed by atoms with Gasteiger partial charge in [-0.15, -0.1) is 13.2 Å². The van der Waals surface area contributed by atoms with Gasteiger partial charge in [-0.25, -0.2) is 19.9 Å². The van der Waals surface area contributed by atoms with Gasteiger partial charge in [0.2, 0.25) is 5.88 Å². The Kier molecular flexibility index (Phi) is 7.39. The first-order valence-corrected chi connectivity index (χ1v) is 10.9. The molecule has 0 bridgehead atoms. The fraction of sp³-hybridized carbons (Fsp3) is 0.348. The maximum Gasteiger partial charge on any atom is 0.573 e. The zero-order valence-electron chi connectivity index (χ0n) is 18.4. The third-order valence-electron chi connectivity index (χ3n) is 5.34. The van der Waals surface area contributed by atoms with Gasteiger partial charge in [0.05, 0.1) is 18.3 Å². The topological polar surface area (TPSA) is 119 Å². The molecule has 0 aliphatic heterocycles. The average molecular weight is 489 g/mol. The highest BCUT2D eigenvalue weighted by atomic mass is 19.4. The van der Waals surface area contributed by atoms with Gasteiger partial charge in [-0.1, -0.05) is 12.8 Å². The highest BCUT2D eigenvalue weighted by Crippen LogP contribution is 2.30. The molecule has 35 heavy (non-hydrogen) atoms. The number of aromatic nitrogens is 4. The van der Waals surface area contributed by atoms with Crippen LogP contribution in [0.15, 0.2) is 48.9 Å². The van der Waals surface area contributed by atoms with E-state index in [0.717, 1.165) is 25.0 Å². The first-order valence-electron chi connectivity index (χ1n) is 10.9. The lowest BCUT2D eigenvalue weighted by molar-refractivity contribution is -0.274. The first kappa shape index (κ1) is 24.3. The Bertz CT molecular complexity index is 1150. The second-order valence-corrected chi connectivity index (χ2v) is 7.87. The number of rotatable bonds is 7. The van der Waals surface area contributed by atoms with Crippen LogP contribution in [0.5, 0.6) is 11.6 Å². The molecular weight excluding hydrogens is 467 g/mol. The normalized spacial score (nSPS) is 18.1. The lowest BCUT2D eigenvalue weighted by atomic mass is 9.92. The molecule has 0 radical (unpaired) electrons. The number of hydrogen-bond donors (Lipinski definition) is 2. The van der Waals surface area contributed by atoms with Crippen molar-refractivity contribution >= 4 is 5.91 Å². The van der Waals surface area contributed by atoms with Crippen LogP contribution in [0.1, 0.15) is 42.0 Å². The number of nitrogens with one attached hydrogen (secondary N) is 1. The molecule has 184 valence electrons. The Hall–Kier alpha value is -3.80. The molecule has 2 heterocycles. The van der Waals surface area contributed by atoms with E-state index in [1.807, 2.05) is 0 Å². The predicted octanol–water partition coefficient (Wildman–Crippen LogP) is 3.44. The number of carbonyl (C=O) groups excluding carboxylic acids is 1. The van der Waals surface area contributed by atoms with Crippen molar-refractivity contribution in [2.45, 2.75) is 50.8 Å². The van der Waals surface area contributed by atoms with Crippen LogP contribution in [0, 0.1) is 0 Å². The zero-order valence-corrected chi connectivity index (χ0v) is 18.4. The molecule has 2 aromatic heterocycles. The molecule has 1 amide bonds. The van der Waals surface area contributed by atoms with Crippen molar-refractivity contribution in [3.63, 3.8) is 0 Å². The number of ether oxygens (including phenoxy) is 2. The van der Waals surface area contributed by atoms with Gasteiger partial charge < -0.3 is 19.9 Å². The standard InChI is InChI=1S/C23H22F3N5O4/c24-23(25,26)35-15-8-6-14(7-9-15)20-22(34-13-19-27-10-3-11-28-19)29-12-17(30-20)21(33)31-16-4-1-2-5-18(16)32/h3,6-12,16,18,32H,1-2,4-5,13H2,(H,31,33)/t16-,18-/m1/s1. The second kappa shape index (κ2) is 10.6. The van der Waals surface area contributed by atoms with Gasteiger partial charge in [0.1, 0.15) is 23.7 Å². The SMILES string of the molecule is O=C(N[C@@H]1CCCC[C@H]1O)c1cnc(OCc2ncccn2)c(-c2ccc(OC(F)(F)F)cc2)n1. The summed E-state index contributed by atoms with van der Waals surface area (Å²) in [6.07, 6.45) is 1.88. The summed E-state index contributed by atoms with van der Waals surface area (Å²) in [6, 6.07) is 6.20. The summed E-state index contributed by atoms with van der Waals surface area (Å²) in [6.45, 7) is -0.0440. The van der Waals surface area contributed by atoms with Crippen molar-refractivity contribution in [2.75, 3.05) is 0 Å². The lowest BCUT2D eigenvalue weighted by Gasteiger charge is -2.28. The van der Waals surface area contributed by atoms with Crippen LogP contribution in [0.2, 0.25) is 0 Å². The molecule has 0 saturated heterocycles. The van der Waals surface area contributed by atoms with E-state index in [9.17, 15) is 23.1 Å². The van der Waals surface area contributed by atoms with Crippen molar-refractivity contribution in [2.24, 2.45) is 0 Å². The van der Waals surface area contributed by atoms with Crippen LogP contribution < -0.4 is 14.8 Å². The van der Waals surface area contributed by atoms with Gasteiger partial charge in [-0.05, 0) is 43.2 Å². The number of alkyl halides is 3. The fourth-order valence-electron chi connectivity index (χ4n) is 3.65. The van der Waals surface area contributed by atoms with Crippen LogP contribution in [0.25, 0.3) is 11.3 Å². The smallest absolute Gasteiger partial charge is 0.468 e. The van der Waals surface area contributed by atoms with E-state index in [1.165, 1.54) is 18.3 Å². The fourth-order valence-corrected chi connectivity index (χ4v) is 3.65. The van der Waals surface area contributed by atoms with E-state index in [-0.39, 0.29) is 23.9 Å². The maximum absolute atomic E-state index is 12.8. The first-order chi connectivity index (χ1) is 16.8. The molecular formula is C23H22F3N5O4. The number of nitrogens with zero attached hydrogens (tertiary/aromatic N) is 4. The molecule has 1 saturated carbocycles. The van der Waals surface area contributed by atoms with E-state index in [4.69, 9.17) is 4.74 Å². The van der Waals surface area contributed by atoms with Crippen LogP contribution in [-0.2, 0) is 6.61 Å². The van der Waals surface area contributed by atoms with Gasteiger partial charge >= 0.3 is 6.36 Å². The quantitative estimate of drug-likeness (QED) is 0.518. The monoisotopic (exact) mass is 489 g/mol. The minimum atomic E-state index is -4.83. The molecule has 0 unspecified atom stereocenters. The lowest BCUT2D eigenvalue weighted by Crippen LogP contribution is -2.45. The molecule has 12 heteroatoms. The summed E-state index contributed by atoms with van der Waals surface area (Å²) in [5.74, 6) is -0.521. The number of amides is 1. The van der Waals surface area contributed by atoms with Gasteiger partial charge in [-0.2, -0.15) is 0 Å². The Morgan fingerprint density at radius 1 is 1.09 bits per heavy atom. The number of benzene rings is 1. The van der Waals surface area contributed by atoms with Crippen molar-refractivity contribution in [1.29, 1.82) is 0 Å². The Morgan fingerprint density at radius 2 is 1.80 bits per heavy atom. The van der Waals surface area contributed by atoms with Crippen molar-refractivity contribution in [1.82, 2.24) is 25.3 Å². The number of halogens is 3. The van der Waals surface area contributed by atoms with Crippen LogP contribution in [0.4, 0.5) is 13.2 Å². The molecule has 9 nitrogen and oxygen atoms in total. The summed E-state index contributed by atoms with van der Waals surface area (Å²) >= 11 is 0. The molecule has 2 N–H and O–H groups in total. The molecule has 1 fully saturated rings. The second-order valence-electron chi connectivity index (χ2n) is 7.87. The summed E-state index contributed by atoms with van der Waals surface area (Å²) in [7, 11) is 0. The molecule has 0 spiro atoms. The van der Waals surface area contributed by atoms with Crippen LogP contribution >= 0.6 is 0 Å². The molecule has 3 aromatic rings. The van der Waals surface area contributed by atoms with Gasteiger partial charge in [0.25, 0.3) is 5.91 Å². The maximum atomic E-state index is 12.8. The minimum Gasteiger partial charge on any atom is -0.468 e. The van der Waals surface area contributed by atoms with E-state index >= 15 is 0 Å². The Labute approximate surface area is 198 Å². The highest BCUT2D eigenvalue weighted by molar-refractivity contribution is 5.93. The number of carbonyl (C=O) groups is 1. The van der Waals surface area contributed by atoms with Crippen molar-refractivity contribution in [3.05, 3.63) is 60.4 Å². The third-order valence-corrected chi connectivity index (χ3v) is 5.34. The van der Waals surface area contributed by atoms with E-state index in [0.29, 0.717) is 24.2 Å². The molecule has 1 aromatic carbocycles. The van der Waals surface area contributed by atoms with E-state index in [1.54, 1.807) is 18.5 Å². The summed E-state index contributed by atoms with van der Waals surface area (Å²) in [5, 5.41) is 12.9. The van der Waals surface area contributed by atoms with Crippen molar-refractivity contribution < 1.29 is 32.5 Å². The van der Waals surface area contributed by atoms with Crippen LogP contribution in [0.3, 0.4) is 0 Å². The third kappa shape index (κ3) is 6.63. The van der Waals surface area contributed by atoms with Gasteiger partial charge in [-0.3, -0.25) is 4.79 Å². The molecule has 1 aliphatic rings. The predicted molar refractivity (Wildman–Crippen MR) is 116 cm³/mol. The van der Waals surface area contributed by atoms with Crippen molar-refractivity contribution in [3.8, 4) is 22.9 Å². The minimum absolute atomic E-state index is 0.0308. The number of aliphatic hydroxyl groups is 1. The van der Waals surface area contributed by atoms with Gasteiger partial charge in [0.15, 0.2) is 5.82 Å². The Morgan fingerprint density at radius 3 is 2.49 bits per heavy atom. The molecule has 4 rings (SSSR count). The number of hydrogen-bond acceptors (Lipinski definition) is 8. The molecule has 2 atom stereocenters. The largest absolute Gasteiger partial charge is 0.573 e. The molecule has 1 aliphatic carbocycles. The summed E-state index contributed by atoms with van der Waals surface area (Å²) in [4.78, 5) is 29.5. The zero-order chi connectivity index (χ0) is 24.8. The summed E-state index contributed by atoms with van der Waals surface area (Å²) < 4.78 is 47.2.